The summed E-state index contributed by atoms with van der Waals surface area (Å²) in [7, 11) is 1.85. The summed E-state index contributed by atoms with van der Waals surface area (Å²) in [5.74, 6) is 0.931. The zero-order valence-corrected chi connectivity index (χ0v) is 17.0. The highest BCUT2D eigenvalue weighted by molar-refractivity contribution is 5.90. The van der Waals surface area contributed by atoms with Crippen molar-refractivity contribution in [2.45, 2.75) is 51.0 Å². The smallest absolute Gasteiger partial charge is 0.222 e. The molecule has 0 atom stereocenters. The van der Waals surface area contributed by atoms with Gasteiger partial charge < -0.3 is 16.2 Å². The van der Waals surface area contributed by atoms with E-state index in [1.807, 2.05) is 20.2 Å². The van der Waals surface area contributed by atoms with E-state index in [9.17, 15) is 0 Å². The minimum atomic E-state index is 0.0808. The van der Waals surface area contributed by atoms with Crippen LogP contribution in [0.3, 0.4) is 0 Å². The van der Waals surface area contributed by atoms with Gasteiger partial charge in [0.15, 0.2) is 5.65 Å². The van der Waals surface area contributed by atoms with Gasteiger partial charge in [-0.1, -0.05) is 0 Å². The van der Waals surface area contributed by atoms with Gasteiger partial charge in [0.05, 0.1) is 12.0 Å². The van der Waals surface area contributed by atoms with E-state index in [1.165, 1.54) is 0 Å². The van der Waals surface area contributed by atoms with E-state index in [-0.39, 0.29) is 16.9 Å². The normalized spacial score (nSPS) is 26.2. The number of ether oxygens (including phenoxy) is 1. The molecule has 3 aromatic heterocycles. The number of nitrogen functional groups attached to an aromatic ring is 1. The third kappa shape index (κ3) is 3.11. The molecule has 8 heteroatoms. The van der Waals surface area contributed by atoms with E-state index in [1.54, 1.807) is 10.9 Å². The molecule has 3 aromatic rings. The van der Waals surface area contributed by atoms with Gasteiger partial charge in [0, 0.05) is 41.5 Å². The lowest BCUT2D eigenvalue weighted by atomic mass is 9.58. The van der Waals surface area contributed by atoms with Gasteiger partial charge >= 0.3 is 0 Å². The lowest BCUT2D eigenvalue weighted by Crippen LogP contribution is -2.53. The van der Waals surface area contributed by atoms with Crippen molar-refractivity contribution < 1.29 is 4.74 Å². The molecule has 6 rings (SSSR count). The van der Waals surface area contributed by atoms with Crippen molar-refractivity contribution in [3.05, 3.63) is 24.0 Å². The number of hydrogen-bond acceptors (Lipinski definition) is 7. The van der Waals surface area contributed by atoms with Crippen molar-refractivity contribution in [2.75, 3.05) is 12.3 Å². The number of aryl methyl sites for hydroxylation is 2. The molecule has 3 aliphatic rings. The number of aromatic nitrogens is 5. The Morgan fingerprint density at radius 2 is 1.83 bits per heavy atom. The fourth-order valence-electron chi connectivity index (χ4n) is 4.84. The summed E-state index contributed by atoms with van der Waals surface area (Å²) >= 11 is 0. The molecule has 4 N–H and O–H groups in total. The van der Waals surface area contributed by atoms with E-state index in [0.717, 1.165) is 67.3 Å². The van der Waals surface area contributed by atoms with Crippen molar-refractivity contribution in [2.24, 2.45) is 18.2 Å². The maximum atomic E-state index is 6.43. The van der Waals surface area contributed by atoms with Crippen LogP contribution < -0.4 is 16.2 Å². The van der Waals surface area contributed by atoms with Crippen LogP contribution in [0.25, 0.3) is 22.3 Å². The zero-order chi connectivity index (χ0) is 20.2. The van der Waals surface area contributed by atoms with Gasteiger partial charge in [-0.2, -0.15) is 10.1 Å². The maximum Gasteiger partial charge on any atom is 0.222 e. The van der Waals surface area contributed by atoms with E-state index in [0.29, 0.717) is 11.5 Å². The standard InChI is InChI=1S/C21H27N7O/c1-13-9-14(16-15-11-25-19(22)26-17(15)28(2)27-16)10-24-18(13)29-12-20-3-6-21(23,7-4-20)8-5-20/h9-11H,3-8,12,23H2,1-2H3,(H2,22,25,26). The highest BCUT2D eigenvalue weighted by atomic mass is 16.5. The lowest BCUT2D eigenvalue weighted by molar-refractivity contribution is 0.00388. The summed E-state index contributed by atoms with van der Waals surface area (Å²) in [6.45, 7) is 2.74. The van der Waals surface area contributed by atoms with Gasteiger partial charge in [0.25, 0.3) is 0 Å². The summed E-state index contributed by atoms with van der Waals surface area (Å²) in [5, 5.41) is 5.45. The summed E-state index contributed by atoms with van der Waals surface area (Å²) in [6, 6.07) is 2.06. The molecule has 0 saturated heterocycles. The van der Waals surface area contributed by atoms with Crippen LogP contribution in [0.5, 0.6) is 5.88 Å². The average molecular weight is 393 g/mol. The van der Waals surface area contributed by atoms with Crippen LogP contribution >= 0.6 is 0 Å². The fraction of sp³-hybridized carbons (Fsp3) is 0.524. The fourth-order valence-corrected chi connectivity index (χ4v) is 4.84. The lowest BCUT2D eigenvalue weighted by Gasteiger charge is -2.51. The van der Waals surface area contributed by atoms with Crippen molar-refractivity contribution in [3.63, 3.8) is 0 Å². The van der Waals surface area contributed by atoms with Gasteiger partial charge in [-0.15, -0.1) is 0 Å². The number of pyridine rings is 1. The van der Waals surface area contributed by atoms with Gasteiger partial charge in [-0.25, -0.2) is 14.6 Å². The monoisotopic (exact) mass is 393 g/mol. The minimum Gasteiger partial charge on any atom is -0.477 e. The maximum absolute atomic E-state index is 6.43. The Labute approximate surface area is 169 Å². The minimum absolute atomic E-state index is 0.0808. The Kier molecular flexibility index (Phi) is 4.03. The van der Waals surface area contributed by atoms with Crippen LogP contribution in [0.15, 0.2) is 18.5 Å². The molecule has 29 heavy (non-hydrogen) atoms. The molecule has 3 fully saturated rings. The number of anilines is 1. The Morgan fingerprint density at radius 1 is 1.10 bits per heavy atom. The second kappa shape index (κ2) is 6.38. The Morgan fingerprint density at radius 3 is 2.52 bits per heavy atom. The van der Waals surface area contributed by atoms with Gasteiger partial charge in [0.1, 0.15) is 5.69 Å². The highest BCUT2D eigenvalue weighted by Crippen LogP contribution is 2.51. The molecular weight excluding hydrogens is 366 g/mol. The number of hydrogen-bond donors (Lipinski definition) is 2. The SMILES string of the molecule is Cc1cc(-c2nn(C)c3nc(N)ncc23)cnc1OCC12CCC(N)(CC1)CC2. The van der Waals surface area contributed by atoms with Crippen LogP contribution in [0.4, 0.5) is 5.95 Å². The van der Waals surface area contributed by atoms with Crippen molar-refractivity contribution >= 4 is 17.0 Å². The summed E-state index contributed by atoms with van der Waals surface area (Å²) in [5.41, 5.74) is 15.9. The van der Waals surface area contributed by atoms with Crippen LogP contribution in [0, 0.1) is 12.3 Å². The molecule has 3 aliphatic carbocycles. The summed E-state index contributed by atoms with van der Waals surface area (Å²) in [6.07, 6.45) is 10.3. The van der Waals surface area contributed by atoms with Gasteiger partial charge in [-0.3, -0.25) is 0 Å². The third-order valence-corrected chi connectivity index (χ3v) is 6.88. The summed E-state index contributed by atoms with van der Waals surface area (Å²) in [4.78, 5) is 13.0. The van der Waals surface area contributed by atoms with E-state index in [4.69, 9.17) is 16.2 Å². The molecular formula is C21H27N7O. The van der Waals surface area contributed by atoms with Crippen LogP contribution in [0.1, 0.15) is 44.1 Å². The summed E-state index contributed by atoms with van der Waals surface area (Å²) < 4.78 is 7.92. The second-order valence-corrected chi connectivity index (χ2v) is 8.93. The molecule has 0 unspecified atom stereocenters. The molecule has 0 amide bonds. The Bertz CT molecular complexity index is 1070. The Hall–Kier alpha value is -2.74. The van der Waals surface area contributed by atoms with Gasteiger partial charge in [-0.05, 0) is 51.5 Å². The predicted molar refractivity (Wildman–Crippen MR) is 111 cm³/mol. The molecule has 0 aromatic carbocycles. The Balaban J connectivity index is 1.37. The topological polar surface area (TPSA) is 118 Å². The quantitative estimate of drug-likeness (QED) is 0.699. The van der Waals surface area contributed by atoms with E-state index in [2.05, 4.69) is 26.1 Å². The first-order chi connectivity index (χ1) is 13.9. The molecule has 0 radical (unpaired) electrons. The molecule has 3 heterocycles. The van der Waals surface area contributed by atoms with Crippen LogP contribution in [0.2, 0.25) is 0 Å². The van der Waals surface area contributed by atoms with E-state index < -0.39 is 0 Å². The average Bonchev–Trinajstić information content (AvgIpc) is 3.04. The van der Waals surface area contributed by atoms with Gasteiger partial charge in [0.2, 0.25) is 11.8 Å². The molecule has 3 saturated carbocycles. The molecule has 8 nitrogen and oxygen atoms in total. The van der Waals surface area contributed by atoms with E-state index >= 15 is 0 Å². The first kappa shape index (κ1) is 18.3. The predicted octanol–water partition coefficient (Wildman–Crippen LogP) is 2.75. The van der Waals surface area contributed by atoms with Crippen molar-refractivity contribution in [1.82, 2.24) is 24.7 Å². The zero-order valence-electron chi connectivity index (χ0n) is 17.0. The number of fused-ring (bicyclic) bond motifs is 4. The van der Waals surface area contributed by atoms with Crippen molar-refractivity contribution in [1.29, 1.82) is 0 Å². The second-order valence-electron chi connectivity index (χ2n) is 8.93. The number of nitrogens with zero attached hydrogens (tertiary/aromatic N) is 5. The first-order valence-corrected chi connectivity index (χ1v) is 10.2. The molecule has 0 aliphatic heterocycles. The first-order valence-electron chi connectivity index (χ1n) is 10.2. The molecule has 152 valence electrons. The van der Waals surface area contributed by atoms with Crippen LogP contribution in [-0.4, -0.2) is 36.9 Å². The third-order valence-electron chi connectivity index (χ3n) is 6.88. The van der Waals surface area contributed by atoms with Crippen LogP contribution in [-0.2, 0) is 7.05 Å². The number of nitrogens with two attached hydrogens (primary N) is 2. The molecule has 0 spiro atoms. The molecule has 2 bridgehead atoms. The van der Waals surface area contributed by atoms with Crippen molar-refractivity contribution in [3.8, 4) is 17.1 Å². The highest BCUT2D eigenvalue weighted by Gasteiger charge is 2.47. The largest absolute Gasteiger partial charge is 0.477 e. The number of rotatable bonds is 4.